The number of benzene rings is 1. The van der Waals surface area contributed by atoms with Crippen LogP contribution in [0.3, 0.4) is 0 Å². The van der Waals surface area contributed by atoms with Crippen molar-refractivity contribution < 1.29 is 17.9 Å². The van der Waals surface area contributed by atoms with Gasteiger partial charge in [-0.2, -0.15) is 4.31 Å². The highest BCUT2D eigenvalue weighted by atomic mass is 32.2. The average Bonchev–Trinajstić information content (AvgIpc) is 3.32. The summed E-state index contributed by atoms with van der Waals surface area (Å²) in [6, 6.07) is 9.69. The molecule has 1 aliphatic heterocycles. The second-order valence-electron chi connectivity index (χ2n) is 10.2. The molecule has 0 aliphatic carbocycles. The minimum Gasteiger partial charge on any atom is -0.711 e. The Hall–Kier alpha value is -3.81. The first kappa shape index (κ1) is 28.7. The van der Waals surface area contributed by atoms with Gasteiger partial charge in [-0.05, 0) is 44.2 Å². The first-order valence-electron chi connectivity index (χ1n) is 13.8. The zero-order valence-corrected chi connectivity index (χ0v) is 24.6. The lowest BCUT2D eigenvalue weighted by Gasteiger charge is -2.31. The van der Waals surface area contributed by atoms with Gasteiger partial charge in [-0.25, -0.2) is 18.1 Å². The number of aromatic nitrogens is 5. The molecule has 0 saturated carbocycles. The Morgan fingerprint density at radius 2 is 1.78 bits per heavy atom. The zero-order valence-electron chi connectivity index (χ0n) is 23.8. The lowest BCUT2D eigenvalue weighted by molar-refractivity contribution is -0.600. The van der Waals surface area contributed by atoms with Gasteiger partial charge < -0.3 is 14.8 Å². The number of aryl methyl sites for hydroxylation is 1. The molecule has 0 spiro atoms. The van der Waals surface area contributed by atoms with Crippen LogP contribution in [0.2, 0.25) is 0 Å². The average molecular weight is 582 g/mol. The molecule has 4 heterocycles. The molecule has 5 rings (SSSR count). The van der Waals surface area contributed by atoms with Crippen LogP contribution in [0.5, 0.6) is 5.75 Å². The smallest absolute Gasteiger partial charge is 0.310 e. The highest BCUT2D eigenvalue weighted by molar-refractivity contribution is 7.89. The number of ether oxygens (including phenoxy) is 1. The molecule has 1 aliphatic rings. The zero-order chi connectivity index (χ0) is 29.3. The lowest BCUT2D eigenvalue weighted by Crippen LogP contribution is -2.47. The van der Waals surface area contributed by atoms with E-state index in [-0.39, 0.29) is 22.1 Å². The first-order chi connectivity index (χ1) is 19.7. The van der Waals surface area contributed by atoms with Gasteiger partial charge in [-0.1, -0.05) is 29.7 Å². The molecule has 0 N–H and O–H groups in total. The molecule has 4 aromatic rings. The predicted molar refractivity (Wildman–Crippen MR) is 155 cm³/mol. The van der Waals surface area contributed by atoms with Gasteiger partial charge in [-0.15, -0.1) is 0 Å². The van der Waals surface area contributed by atoms with Gasteiger partial charge in [-0.3, -0.25) is 9.36 Å². The summed E-state index contributed by atoms with van der Waals surface area (Å²) < 4.78 is 38.3. The van der Waals surface area contributed by atoms with Gasteiger partial charge >= 0.3 is 5.82 Å². The maximum Gasteiger partial charge on any atom is 0.310 e. The summed E-state index contributed by atoms with van der Waals surface area (Å²) in [5, 5.41) is 17.1. The number of hydrogen-bond donors (Lipinski definition) is 0. The van der Waals surface area contributed by atoms with E-state index >= 15 is 0 Å². The molecule has 12 nitrogen and oxygen atoms in total. The van der Waals surface area contributed by atoms with Crippen LogP contribution in [0, 0.1) is 5.21 Å². The van der Waals surface area contributed by atoms with Crippen molar-refractivity contribution in [1.82, 2.24) is 28.5 Å². The number of sulfonamides is 1. The molecular weight excluding hydrogens is 546 g/mol. The summed E-state index contributed by atoms with van der Waals surface area (Å²) in [4.78, 5) is 20.8. The third-order valence-electron chi connectivity index (χ3n) is 7.26. The molecule has 0 amide bonds. The molecule has 0 unspecified atom stereocenters. The van der Waals surface area contributed by atoms with Gasteiger partial charge in [0.05, 0.1) is 23.3 Å². The number of likely N-dealkylation sites (N-methyl/N-ethyl adjacent to an activating group) is 1. The summed E-state index contributed by atoms with van der Waals surface area (Å²) in [5.74, 6) is 0.935. The maximum absolute atomic E-state index is 13.7. The van der Waals surface area contributed by atoms with Crippen LogP contribution in [0.4, 0.5) is 0 Å². The molecule has 1 aromatic carbocycles. The van der Waals surface area contributed by atoms with Gasteiger partial charge in [0.2, 0.25) is 15.5 Å². The third-order valence-corrected chi connectivity index (χ3v) is 9.15. The van der Waals surface area contributed by atoms with E-state index < -0.39 is 15.6 Å². The van der Waals surface area contributed by atoms with E-state index in [0.717, 1.165) is 12.8 Å². The second kappa shape index (κ2) is 11.6. The van der Waals surface area contributed by atoms with Crippen molar-refractivity contribution in [2.75, 3.05) is 39.8 Å². The fourth-order valence-corrected chi connectivity index (χ4v) is 6.43. The molecule has 218 valence electrons. The topological polar surface area (TPSA) is 130 Å². The highest BCUT2D eigenvalue weighted by Crippen LogP contribution is 2.33. The molecule has 41 heavy (non-hydrogen) atoms. The Kier molecular flexibility index (Phi) is 8.11. The van der Waals surface area contributed by atoms with E-state index in [1.807, 2.05) is 20.9 Å². The summed E-state index contributed by atoms with van der Waals surface area (Å²) in [6.45, 7) is 6.45. The van der Waals surface area contributed by atoms with Gasteiger partial charge in [0, 0.05) is 45.7 Å². The Bertz CT molecular complexity index is 1740. The van der Waals surface area contributed by atoms with Crippen LogP contribution in [-0.4, -0.2) is 76.8 Å². The van der Waals surface area contributed by atoms with E-state index in [1.165, 1.54) is 19.8 Å². The second-order valence-corrected chi connectivity index (χ2v) is 12.1. The third kappa shape index (κ3) is 5.32. The summed E-state index contributed by atoms with van der Waals surface area (Å²) in [6.07, 6.45) is 3.36. The Labute approximate surface area is 239 Å². The Morgan fingerprint density at radius 1 is 1.02 bits per heavy atom. The molecular formula is C28H35N7O5S. The van der Waals surface area contributed by atoms with Crippen molar-refractivity contribution in [3.8, 4) is 23.0 Å². The lowest BCUT2D eigenvalue weighted by atomic mass is 10.1. The fraction of sp³-hybridized carbons (Fsp3) is 0.429. The quantitative estimate of drug-likeness (QED) is 0.217. The number of piperazine rings is 1. The van der Waals surface area contributed by atoms with Crippen LogP contribution < -0.4 is 15.0 Å². The number of pyridine rings is 1. The number of rotatable bonds is 9. The Balaban J connectivity index is 1.72. The van der Waals surface area contributed by atoms with Crippen molar-refractivity contribution in [3.63, 3.8) is 0 Å². The van der Waals surface area contributed by atoms with E-state index in [9.17, 15) is 18.4 Å². The van der Waals surface area contributed by atoms with E-state index in [2.05, 4.69) is 10.00 Å². The van der Waals surface area contributed by atoms with Crippen molar-refractivity contribution in [2.45, 2.75) is 38.0 Å². The van der Waals surface area contributed by atoms with Gasteiger partial charge in [0.1, 0.15) is 17.1 Å². The molecule has 1 fully saturated rings. The Morgan fingerprint density at radius 3 is 2.46 bits per heavy atom. The molecule has 0 radical (unpaired) electrons. The molecule has 0 atom stereocenters. The van der Waals surface area contributed by atoms with Crippen molar-refractivity contribution in [2.24, 2.45) is 7.05 Å². The highest BCUT2D eigenvalue weighted by Gasteiger charge is 2.30. The summed E-state index contributed by atoms with van der Waals surface area (Å²) in [7, 11) is -0.251. The molecule has 0 bridgehead atoms. The number of fused-ring (bicyclic) bond motifs is 1. The first-order valence-corrected chi connectivity index (χ1v) is 15.2. The summed E-state index contributed by atoms with van der Waals surface area (Å²) in [5.41, 5.74) is 1.09. The predicted octanol–water partition coefficient (Wildman–Crippen LogP) is 2.10. The SMILES string of the molecule is CCCOc1ccc(S(=O)(=O)N2CCN(C)CC2)cc1-c1nc2c(CCC)n(-c3cccc[n+]3[O-])nc2c(=O)n1C. The van der Waals surface area contributed by atoms with Crippen molar-refractivity contribution in [3.05, 3.63) is 63.9 Å². The maximum atomic E-state index is 13.7. The molecule has 1 saturated heterocycles. The largest absolute Gasteiger partial charge is 0.711 e. The van der Waals surface area contributed by atoms with Crippen LogP contribution in [-0.2, 0) is 23.5 Å². The van der Waals surface area contributed by atoms with E-state index in [4.69, 9.17) is 9.72 Å². The molecule has 3 aromatic heterocycles. The van der Waals surface area contributed by atoms with Gasteiger partial charge in [0.15, 0.2) is 5.69 Å². The number of nitrogens with zero attached hydrogens (tertiary/aromatic N) is 7. The minimum atomic E-state index is -3.79. The van der Waals surface area contributed by atoms with Crippen molar-refractivity contribution in [1.29, 1.82) is 0 Å². The van der Waals surface area contributed by atoms with Gasteiger partial charge in [0.25, 0.3) is 5.56 Å². The minimum absolute atomic E-state index is 0.108. The van der Waals surface area contributed by atoms with Crippen LogP contribution in [0.1, 0.15) is 32.4 Å². The van der Waals surface area contributed by atoms with E-state index in [1.54, 1.807) is 43.4 Å². The monoisotopic (exact) mass is 581 g/mol. The normalized spacial score (nSPS) is 15.0. The standard InChI is InChI=1S/C28H35N7O5S/c1-5-9-22-25-26(30-35(22)24-10-7-8-13-34(24)37)28(36)32(4)27(29-25)21-19-20(11-12-23(21)40-18-6-2)41(38,39)33-16-14-31(3)15-17-33/h7-8,10-13,19H,5-6,9,14-18H2,1-4H3. The van der Waals surface area contributed by atoms with E-state index in [0.29, 0.717) is 66.5 Å². The fourth-order valence-electron chi connectivity index (χ4n) is 4.98. The van der Waals surface area contributed by atoms with Crippen molar-refractivity contribution >= 4 is 21.1 Å². The summed E-state index contributed by atoms with van der Waals surface area (Å²) >= 11 is 0. The van der Waals surface area contributed by atoms with Crippen LogP contribution >= 0.6 is 0 Å². The molecule has 13 heteroatoms. The van der Waals surface area contributed by atoms with Crippen LogP contribution in [0.15, 0.2) is 52.3 Å². The number of hydrogen-bond acceptors (Lipinski definition) is 8. The van der Waals surface area contributed by atoms with Crippen LogP contribution in [0.25, 0.3) is 28.2 Å².